The first-order valence-corrected chi connectivity index (χ1v) is 6.28. The van der Waals surface area contributed by atoms with Crippen LogP contribution in [0, 0.1) is 23.6 Å². The van der Waals surface area contributed by atoms with Crippen LogP contribution < -0.4 is 4.90 Å². The molecule has 1 aromatic carbocycles. The second-order valence-electron chi connectivity index (χ2n) is 4.76. The van der Waals surface area contributed by atoms with Crippen LogP contribution in [0.2, 0.25) is 0 Å². The van der Waals surface area contributed by atoms with Crippen molar-refractivity contribution in [2.75, 3.05) is 11.5 Å². The van der Waals surface area contributed by atoms with Gasteiger partial charge in [0.25, 0.3) is 0 Å². The molecule has 1 aliphatic heterocycles. The summed E-state index contributed by atoms with van der Waals surface area (Å²) in [6.07, 6.45) is 0.548. The van der Waals surface area contributed by atoms with Gasteiger partial charge in [0, 0.05) is 12.8 Å². The van der Waals surface area contributed by atoms with E-state index in [1.165, 1.54) is 12.1 Å². The normalized spacial score (nSPS) is 16.1. The molecule has 0 unspecified atom stereocenters. The molecule has 1 heterocycles. The Hall–Kier alpha value is -2.19. The number of benzene rings is 1. The van der Waals surface area contributed by atoms with Gasteiger partial charge in [-0.1, -0.05) is 18.8 Å². The van der Waals surface area contributed by atoms with E-state index < -0.39 is 5.82 Å². The molecule has 104 valence electrons. The highest BCUT2D eigenvalue weighted by molar-refractivity contribution is 6.17. The van der Waals surface area contributed by atoms with Gasteiger partial charge in [-0.05, 0) is 24.1 Å². The van der Waals surface area contributed by atoms with E-state index in [0.29, 0.717) is 0 Å². The quantitative estimate of drug-likeness (QED) is 0.623. The lowest BCUT2D eigenvalue weighted by Crippen LogP contribution is -2.43. The van der Waals surface area contributed by atoms with Crippen molar-refractivity contribution in [2.24, 2.45) is 5.92 Å². The summed E-state index contributed by atoms with van der Waals surface area (Å²) in [5, 5.41) is 8.72. The molecule has 2 amide bonds. The highest BCUT2D eigenvalue weighted by atomic mass is 19.1. The molecule has 0 aromatic heterocycles. The molecular weight excluding hydrogens is 261 g/mol. The lowest BCUT2D eigenvalue weighted by atomic mass is 9.96. The van der Waals surface area contributed by atoms with E-state index >= 15 is 0 Å². The number of nitrogens with zero attached hydrogens (tertiary/aromatic N) is 1. The molecule has 1 aromatic rings. The number of rotatable bonds is 1. The smallest absolute Gasteiger partial charge is 0.234 e. The predicted molar refractivity (Wildman–Crippen MR) is 71.3 cm³/mol. The molecule has 1 N–H and O–H groups in total. The number of piperidine rings is 1. The SMILES string of the molecule is CC1CC(=O)N(c2ccc(F)cc2C#CCO)C(=O)C1. The number of halogens is 1. The number of hydrogen-bond donors (Lipinski definition) is 1. The molecule has 0 saturated carbocycles. The maximum Gasteiger partial charge on any atom is 0.234 e. The van der Waals surface area contributed by atoms with Crippen LogP contribution in [-0.2, 0) is 9.59 Å². The summed E-state index contributed by atoms with van der Waals surface area (Å²) in [6.45, 7) is 1.46. The van der Waals surface area contributed by atoms with Crippen molar-refractivity contribution < 1.29 is 19.1 Å². The summed E-state index contributed by atoms with van der Waals surface area (Å²) in [6, 6.07) is 3.69. The van der Waals surface area contributed by atoms with Gasteiger partial charge in [-0.3, -0.25) is 9.59 Å². The van der Waals surface area contributed by atoms with Gasteiger partial charge >= 0.3 is 0 Å². The average Bonchev–Trinajstić information content (AvgIpc) is 2.37. The zero-order valence-electron chi connectivity index (χ0n) is 11.0. The fraction of sp³-hybridized carbons (Fsp3) is 0.333. The molecule has 2 rings (SSSR count). The monoisotopic (exact) mass is 275 g/mol. The highest BCUT2D eigenvalue weighted by Crippen LogP contribution is 2.28. The number of anilines is 1. The third-order valence-electron chi connectivity index (χ3n) is 3.05. The molecule has 0 spiro atoms. The number of amides is 2. The summed E-state index contributed by atoms with van der Waals surface area (Å²) < 4.78 is 13.3. The second-order valence-corrected chi connectivity index (χ2v) is 4.76. The highest BCUT2D eigenvalue weighted by Gasteiger charge is 2.32. The summed E-state index contributed by atoms with van der Waals surface area (Å²) in [4.78, 5) is 25.1. The van der Waals surface area contributed by atoms with E-state index in [9.17, 15) is 14.0 Å². The predicted octanol–water partition coefficient (Wildman–Crippen LogP) is 1.46. The molecule has 1 aliphatic rings. The number of carbonyl (C=O) groups excluding carboxylic acids is 2. The van der Waals surface area contributed by atoms with E-state index in [4.69, 9.17) is 5.11 Å². The standard InChI is InChI=1S/C15H14FNO3/c1-10-7-14(19)17(15(20)8-10)13-5-4-12(16)9-11(13)3-2-6-18/h4-5,9-10,18H,6-8H2,1H3. The van der Waals surface area contributed by atoms with Gasteiger partial charge < -0.3 is 5.11 Å². The van der Waals surface area contributed by atoms with Crippen molar-refractivity contribution in [3.05, 3.63) is 29.6 Å². The minimum atomic E-state index is -0.513. The number of aliphatic hydroxyl groups is 1. The minimum Gasteiger partial charge on any atom is -0.384 e. The van der Waals surface area contributed by atoms with E-state index in [1.54, 1.807) is 0 Å². The Morgan fingerprint density at radius 3 is 2.60 bits per heavy atom. The maximum absolute atomic E-state index is 13.3. The average molecular weight is 275 g/mol. The second kappa shape index (κ2) is 5.85. The van der Waals surface area contributed by atoms with E-state index in [2.05, 4.69) is 11.8 Å². The molecule has 1 fully saturated rings. The van der Waals surface area contributed by atoms with Crippen molar-refractivity contribution in [1.29, 1.82) is 0 Å². The first-order valence-electron chi connectivity index (χ1n) is 6.28. The summed E-state index contributed by atoms with van der Waals surface area (Å²) in [5.74, 6) is 3.84. The molecule has 20 heavy (non-hydrogen) atoms. The van der Waals surface area contributed by atoms with Crippen LogP contribution in [0.5, 0.6) is 0 Å². The molecule has 0 radical (unpaired) electrons. The van der Waals surface area contributed by atoms with Crippen LogP contribution in [0.1, 0.15) is 25.3 Å². The number of carbonyl (C=O) groups is 2. The minimum absolute atomic E-state index is 0.0127. The summed E-state index contributed by atoms with van der Waals surface area (Å²) in [7, 11) is 0. The Morgan fingerprint density at radius 2 is 2.00 bits per heavy atom. The van der Waals surface area contributed by atoms with Gasteiger partial charge in [0.2, 0.25) is 11.8 Å². The first kappa shape index (κ1) is 14.2. The molecule has 0 bridgehead atoms. The Kier molecular flexibility index (Phi) is 4.16. The van der Waals surface area contributed by atoms with Crippen LogP contribution in [-0.4, -0.2) is 23.5 Å². The van der Waals surface area contributed by atoms with Gasteiger partial charge in [-0.15, -0.1) is 0 Å². The van der Waals surface area contributed by atoms with Gasteiger partial charge in [0.15, 0.2) is 0 Å². The van der Waals surface area contributed by atoms with Crippen LogP contribution in [0.3, 0.4) is 0 Å². The fourth-order valence-electron chi connectivity index (χ4n) is 2.20. The van der Waals surface area contributed by atoms with Crippen molar-refractivity contribution in [3.63, 3.8) is 0 Å². The Labute approximate surface area is 116 Å². The van der Waals surface area contributed by atoms with Crippen LogP contribution in [0.15, 0.2) is 18.2 Å². The van der Waals surface area contributed by atoms with Crippen molar-refractivity contribution >= 4 is 17.5 Å². The molecule has 0 atom stereocenters. The lowest BCUT2D eigenvalue weighted by molar-refractivity contribution is -0.130. The molecular formula is C15H14FNO3. The number of imide groups is 1. The largest absolute Gasteiger partial charge is 0.384 e. The van der Waals surface area contributed by atoms with Crippen molar-refractivity contribution in [2.45, 2.75) is 19.8 Å². The molecule has 0 aliphatic carbocycles. The summed E-state index contributed by atoms with van der Waals surface area (Å²) >= 11 is 0. The van der Waals surface area contributed by atoms with Gasteiger partial charge in [0.05, 0.1) is 11.3 Å². The zero-order chi connectivity index (χ0) is 14.7. The lowest BCUT2D eigenvalue weighted by Gasteiger charge is -2.29. The van der Waals surface area contributed by atoms with Crippen molar-refractivity contribution in [3.8, 4) is 11.8 Å². The van der Waals surface area contributed by atoms with Gasteiger partial charge in [0.1, 0.15) is 12.4 Å². The third-order valence-corrected chi connectivity index (χ3v) is 3.05. The fourth-order valence-corrected chi connectivity index (χ4v) is 2.20. The van der Waals surface area contributed by atoms with Crippen LogP contribution in [0.4, 0.5) is 10.1 Å². The van der Waals surface area contributed by atoms with Gasteiger partial charge in [-0.2, -0.15) is 0 Å². The van der Waals surface area contributed by atoms with Crippen molar-refractivity contribution in [1.82, 2.24) is 0 Å². The Balaban J connectivity index is 2.46. The van der Waals surface area contributed by atoms with Crippen LogP contribution in [0.25, 0.3) is 0 Å². The van der Waals surface area contributed by atoms with E-state index in [1.807, 2.05) is 6.92 Å². The molecule has 4 nitrogen and oxygen atoms in total. The summed E-state index contributed by atoms with van der Waals surface area (Å²) in [5.41, 5.74) is 0.490. The van der Waals surface area contributed by atoms with Crippen LogP contribution >= 0.6 is 0 Å². The maximum atomic E-state index is 13.3. The van der Waals surface area contributed by atoms with E-state index in [0.717, 1.165) is 11.0 Å². The molecule has 5 heteroatoms. The third kappa shape index (κ3) is 2.86. The Bertz CT molecular complexity index is 597. The zero-order valence-corrected chi connectivity index (χ0v) is 11.0. The number of hydrogen-bond acceptors (Lipinski definition) is 3. The first-order chi connectivity index (χ1) is 9.52. The van der Waals surface area contributed by atoms with Gasteiger partial charge in [-0.25, -0.2) is 9.29 Å². The topological polar surface area (TPSA) is 57.6 Å². The van der Waals surface area contributed by atoms with E-state index in [-0.39, 0.29) is 48.4 Å². The Morgan fingerprint density at radius 1 is 1.35 bits per heavy atom. The number of aliphatic hydroxyl groups excluding tert-OH is 1. The molecule has 1 saturated heterocycles.